The standard InChI is InChI=1S/C27H17Cl3F3N3O/c1-15-25-22(27(31,32)33)13-24(34-26(25)36(35-15)20-8-6-18(28)7-9-20)16-3-10-21(11-4-16)37-14-17-2-5-19(29)12-23(17)30/h2-13H,14H2,1H3. The molecule has 3 aromatic carbocycles. The molecule has 0 atom stereocenters. The third-order valence-corrected chi connectivity index (χ3v) is 6.59. The number of aromatic nitrogens is 3. The van der Waals surface area contributed by atoms with Crippen molar-refractivity contribution in [1.82, 2.24) is 14.8 Å². The molecule has 0 radical (unpaired) electrons. The van der Waals surface area contributed by atoms with E-state index >= 15 is 0 Å². The average molecular weight is 563 g/mol. The summed E-state index contributed by atoms with van der Waals surface area (Å²) in [5.41, 5.74) is 1.46. The van der Waals surface area contributed by atoms with Gasteiger partial charge in [0.2, 0.25) is 0 Å². The highest BCUT2D eigenvalue weighted by Gasteiger charge is 2.35. The van der Waals surface area contributed by atoms with Gasteiger partial charge >= 0.3 is 6.18 Å². The van der Waals surface area contributed by atoms with Gasteiger partial charge < -0.3 is 4.74 Å². The second-order valence-corrected chi connectivity index (χ2v) is 9.55. The second-order valence-electron chi connectivity index (χ2n) is 8.27. The number of alkyl halides is 3. The number of hydrogen-bond donors (Lipinski definition) is 0. The van der Waals surface area contributed by atoms with E-state index in [9.17, 15) is 13.2 Å². The van der Waals surface area contributed by atoms with E-state index in [1.165, 1.54) is 11.6 Å². The SMILES string of the molecule is Cc1nn(-c2ccc(Cl)cc2)c2nc(-c3ccc(OCc4ccc(Cl)cc4Cl)cc3)cc(C(F)(F)F)c12. The van der Waals surface area contributed by atoms with Crippen molar-refractivity contribution in [3.8, 4) is 22.7 Å². The van der Waals surface area contributed by atoms with Gasteiger partial charge in [0.25, 0.3) is 0 Å². The van der Waals surface area contributed by atoms with Crippen LogP contribution in [-0.2, 0) is 12.8 Å². The van der Waals surface area contributed by atoms with Crippen LogP contribution >= 0.6 is 34.8 Å². The Morgan fingerprint density at radius 2 is 1.54 bits per heavy atom. The Kier molecular flexibility index (Phi) is 6.79. The zero-order valence-corrected chi connectivity index (χ0v) is 21.4. The Balaban J connectivity index is 1.52. The molecule has 0 aliphatic rings. The number of rotatable bonds is 5. The van der Waals surface area contributed by atoms with Crippen LogP contribution in [0.5, 0.6) is 5.75 Å². The maximum Gasteiger partial charge on any atom is 0.417 e. The van der Waals surface area contributed by atoms with E-state index in [0.717, 1.165) is 11.6 Å². The first kappa shape index (κ1) is 25.4. The molecule has 0 spiro atoms. The number of ether oxygens (including phenoxy) is 1. The van der Waals surface area contributed by atoms with Crippen molar-refractivity contribution < 1.29 is 17.9 Å². The second kappa shape index (κ2) is 9.89. The summed E-state index contributed by atoms with van der Waals surface area (Å²) >= 11 is 18.1. The van der Waals surface area contributed by atoms with Crippen LogP contribution in [0.3, 0.4) is 0 Å². The summed E-state index contributed by atoms with van der Waals surface area (Å²) in [6.07, 6.45) is -4.60. The average Bonchev–Trinajstić information content (AvgIpc) is 3.19. The molecule has 188 valence electrons. The van der Waals surface area contributed by atoms with Gasteiger partial charge in [-0.3, -0.25) is 0 Å². The lowest BCUT2D eigenvalue weighted by atomic mass is 10.0. The molecule has 0 saturated heterocycles. The minimum atomic E-state index is -4.60. The first-order chi connectivity index (χ1) is 17.6. The molecule has 0 amide bonds. The van der Waals surface area contributed by atoms with Crippen molar-refractivity contribution in [2.45, 2.75) is 19.7 Å². The van der Waals surface area contributed by atoms with E-state index < -0.39 is 11.7 Å². The van der Waals surface area contributed by atoms with Crippen molar-refractivity contribution in [2.75, 3.05) is 0 Å². The van der Waals surface area contributed by atoms with E-state index in [1.807, 2.05) is 0 Å². The fourth-order valence-corrected chi connectivity index (χ4v) is 4.53. The lowest BCUT2D eigenvalue weighted by Crippen LogP contribution is -2.08. The highest BCUT2D eigenvalue weighted by Crippen LogP contribution is 2.39. The minimum Gasteiger partial charge on any atom is -0.489 e. The summed E-state index contributed by atoms with van der Waals surface area (Å²) in [5.74, 6) is 0.522. The maximum atomic E-state index is 14.1. The zero-order chi connectivity index (χ0) is 26.3. The van der Waals surface area contributed by atoms with E-state index in [4.69, 9.17) is 39.5 Å². The monoisotopic (exact) mass is 561 g/mol. The molecule has 5 aromatic rings. The van der Waals surface area contributed by atoms with Gasteiger partial charge in [0.05, 0.1) is 28.0 Å². The van der Waals surface area contributed by atoms with Gasteiger partial charge in [-0.05, 0) is 73.7 Å². The lowest BCUT2D eigenvalue weighted by Gasteiger charge is -2.12. The number of fused-ring (bicyclic) bond motifs is 1. The van der Waals surface area contributed by atoms with E-state index in [0.29, 0.717) is 32.1 Å². The first-order valence-corrected chi connectivity index (χ1v) is 12.1. The molecule has 5 rings (SSSR count). The lowest BCUT2D eigenvalue weighted by molar-refractivity contribution is -0.136. The smallest absolute Gasteiger partial charge is 0.417 e. The number of benzene rings is 3. The fraction of sp³-hybridized carbons (Fsp3) is 0.111. The summed E-state index contributed by atoms with van der Waals surface area (Å²) in [4.78, 5) is 4.58. The van der Waals surface area contributed by atoms with Crippen LogP contribution in [0.2, 0.25) is 15.1 Å². The van der Waals surface area contributed by atoms with E-state index in [-0.39, 0.29) is 29.0 Å². The Morgan fingerprint density at radius 1 is 0.865 bits per heavy atom. The van der Waals surface area contributed by atoms with Gasteiger partial charge in [-0.25, -0.2) is 9.67 Å². The summed E-state index contributed by atoms with van der Waals surface area (Å²) in [5, 5.41) is 5.80. The molecular formula is C27H17Cl3F3N3O. The highest BCUT2D eigenvalue weighted by atomic mass is 35.5. The molecule has 0 fully saturated rings. The Labute approximate surface area is 225 Å². The van der Waals surface area contributed by atoms with Crippen LogP contribution in [0.25, 0.3) is 28.0 Å². The predicted octanol–water partition coefficient (Wildman–Crippen LogP) is 8.95. The van der Waals surface area contributed by atoms with Crippen LogP contribution in [-0.4, -0.2) is 14.8 Å². The molecule has 37 heavy (non-hydrogen) atoms. The summed E-state index contributed by atoms with van der Waals surface area (Å²) in [6, 6.07) is 19.4. The highest BCUT2D eigenvalue weighted by molar-refractivity contribution is 6.35. The molecule has 10 heteroatoms. The zero-order valence-electron chi connectivity index (χ0n) is 19.2. The number of aryl methyl sites for hydroxylation is 1. The van der Waals surface area contributed by atoms with Crippen LogP contribution in [0, 0.1) is 6.92 Å². The van der Waals surface area contributed by atoms with Gasteiger partial charge in [-0.2, -0.15) is 18.3 Å². The summed E-state index contributed by atoms with van der Waals surface area (Å²) < 4.78 is 49.5. The van der Waals surface area contributed by atoms with Gasteiger partial charge in [-0.1, -0.05) is 40.9 Å². The van der Waals surface area contributed by atoms with Crippen LogP contribution < -0.4 is 4.74 Å². The van der Waals surface area contributed by atoms with E-state index in [1.54, 1.807) is 66.7 Å². The van der Waals surface area contributed by atoms with Gasteiger partial charge in [0, 0.05) is 26.2 Å². The maximum absolute atomic E-state index is 14.1. The Bertz CT molecular complexity index is 1600. The van der Waals surface area contributed by atoms with Crippen molar-refractivity contribution in [3.63, 3.8) is 0 Å². The molecule has 0 aliphatic heterocycles. The van der Waals surface area contributed by atoms with E-state index in [2.05, 4.69) is 10.1 Å². The van der Waals surface area contributed by atoms with Crippen molar-refractivity contribution in [1.29, 1.82) is 0 Å². The minimum absolute atomic E-state index is 0.0500. The summed E-state index contributed by atoms with van der Waals surface area (Å²) in [7, 11) is 0. The molecule has 2 heterocycles. The normalized spacial score (nSPS) is 11.8. The number of halogens is 6. The third-order valence-electron chi connectivity index (χ3n) is 5.75. The molecule has 2 aromatic heterocycles. The van der Waals surface area contributed by atoms with Gasteiger partial charge in [0.1, 0.15) is 12.4 Å². The van der Waals surface area contributed by atoms with Gasteiger partial charge in [0.15, 0.2) is 5.65 Å². The van der Waals surface area contributed by atoms with Gasteiger partial charge in [-0.15, -0.1) is 0 Å². The molecule has 0 saturated carbocycles. The third kappa shape index (κ3) is 5.25. The van der Waals surface area contributed by atoms with Crippen LogP contribution in [0.15, 0.2) is 72.8 Å². The molecule has 0 bridgehead atoms. The molecule has 0 N–H and O–H groups in total. The van der Waals surface area contributed by atoms with Crippen LogP contribution in [0.1, 0.15) is 16.8 Å². The first-order valence-electron chi connectivity index (χ1n) is 11.0. The molecule has 0 unspecified atom stereocenters. The largest absolute Gasteiger partial charge is 0.489 e. The topological polar surface area (TPSA) is 39.9 Å². The molecule has 0 aliphatic carbocycles. The van der Waals surface area contributed by atoms with Crippen molar-refractivity contribution in [3.05, 3.63) is 105 Å². The predicted molar refractivity (Wildman–Crippen MR) is 140 cm³/mol. The quantitative estimate of drug-likeness (QED) is 0.215. The number of hydrogen-bond acceptors (Lipinski definition) is 3. The molecule has 4 nitrogen and oxygen atoms in total. The summed E-state index contributed by atoms with van der Waals surface area (Å²) in [6.45, 7) is 1.74. The van der Waals surface area contributed by atoms with Crippen molar-refractivity contribution in [2.24, 2.45) is 0 Å². The Morgan fingerprint density at radius 3 is 2.19 bits per heavy atom. The molecular weight excluding hydrogens is 546 g/mol. The Hall–Kier alpha value is -3.26. The van der Waals surface area contributed by atoms with Crippen molar-refractivity contribution >= 4 is 45.8 Å². The van der Waals surface area contributed by atoms with Crippen LogP contribution in [0.4, 0.5) is 13.2 Å². The number of nitrogens with zero attached hydrogens (tertiary/aromatic N) is 3. The fourth-order valence-electron chi connectivity index (χ4n) is 3.94. The number of pyridine rings is 1.